The van der Waals surface area contributed by atoms with E-state index >= 15 is 0 Å². The van der Waals surface area contributed by atoms with E-state index in [0.29, 0.717) is 21.8 Å². The number of aliphatic hydroxyl groups is 1. The molecule has 148 valence electrons. The van der Waals surface area contributed by atoms with Crippen molar-refractivity contribution < 1.29 is 14.7 Å². The van der Waals surface area contributed by atoms with Crippen LogP contribution >= 0.6 is 11.6 Å². The zero-order chi connectivity index (χ0) is 21.6. The SMILES string of the molecule is [C-]#[N+]c1ccc(C[C@@H](C(=O)NNC(=O)c2ccc(C#N)cc2)[C@H](C)O)c(C)c1Cl. The zero-order valence-corrected chi connectivity index (χ0v) is 16.6. The van der Waals surface area contributed by atoms with Crippen LogP contribution in [0, 0.1) is 30.7 Å². The largest absolute Gasteiger partial charge is 0.393 e. The number of halogens is 1. The lowest BCUT2D eigenvalue weighted by Gasteiger charge is -2.21. The summed E-state index contributed by atoms with van der Waals surface area (Å²) in [6.07, 6.45) is -0.805. The Morgan fingerprint density at radius 3 is 2.45 bits per heavy atom. The molecule has 7 nitrogen and oxygen atoms in total. The second-order valence-corrected chi connectivity index (χ2v) is 6.86. The van der Waals surface area contributed by atoms with Gasteiger partial charge in [0.05, 0.1) is 35.2 Å². The molecule has 0 aromatic heterocycles. The summed E-state index contributed by atoms with van der Waals surface area (Å²) in [6, 6.07) is 11.2. The number of nitrogens with one attached hydrogen (secondary N) is 2. The first-order valence-corrected chi connectivity index (χ1v) is 9.10. The van der Waals surface area contributed by atoms with Crippen LogP contribution < -0.4 is 10.9 Å². The zero-order valence-electron chi connectivity index (χ0n) is 15.9. The van der Waals surface area contributed by atoms with Crippen LogP contribution in [0.4, 0.5) is 5.69 Å². The van der Waals surface area contributed by atoms with E-state index in [2.05, 4.69) is 15.7 Å². The molecule has 0 aliphatic carbocycles. The van der Waals surface area contributed by atoms with Crippen LogP contribution in [-0.2, 0) is 11.2 Å². The number of benzene rings is 2. The number of nitriles is 1. The van der Waals surface area contributed by atoms with Crippen molar-refractivity contribution in [1.82, 2.24) is 10.9 Å². The fourth-order valence-electron chi connectivity index (χ4n) is 2.72. The number of nitrogens with zero attached hydrogens (tertiary/aromatic N) is 2. The number of carbonyl (C=O) groups is 2. The summed E-state index contributed by atoms with van der Waals surface area (Å²) < 4.78 is 0. The Morgan fingerprint density at radius 1 is 1.24 bits per heavy atom. The van der Waals surface area contributed by atoms with Gasteiger partial charge in [0.2, 0.25) is 11.6 Å². The summed E-state index contributed by atoms with van der Waals surface area (Å²) in [5.74, 6) is -1.95. The number of amides is 2. The highest BCUT2D eigenvalue weighted by Gasteiger charge is 2.26. The molecule has 3 N–H and O–H groups in total. The van der Waals surface area contributed by atoms with E-state index in [9.17, 15) is 14.7 Å². The van der Waals surface area contributed by atoms with Crippen molar-refractivity contribution in [3.05, 3.63) is 75.1 Å². The molecule has 2 aromatic rings. The molecule has 0 radical (unpaired) electrons. The average molecular weight is 411 g/mol. The predicted octanol–water partition coefficient (Wildman–Crippen LogP) is 3.07. The molecule has 0 spiro atoms. The minimum absolute atomic E-state index is 0.181. The van der Waals surface area contributed by atoms with Crippen molar-refractivity contribution in [2.24, 2.45) is 5.92 Å². The maximum Gasteiger partial charge on any atom is 0.269 e. The van der Waals surface area contributed by atoms with Gasteiger partial charge in [-0.2, -0.15) is 5.26 Å². The van der Waals surface area contributed by atoms with Gasteiger partial charge in [-0.05, 0) is 55.7 Å². The third-order valence-electron chi connectivity index (χ3n) is 4.53. The van der Waals surface area contributed by atoms with Gasteiger partial charge in [0, 0.05) is 5.56 Å². The first kappa shape index (κ1) is 21.9. The molecule has 29 heavy (non-hydrogen) atoms. The van der Waals surface area contributed by atoms with E-state index in [1.54, 1.807) is 19.1 Å². The molecule has 0 aliphatic rings. The van der Waals surface area contributed by atoms with E-state index in [0.717, 1.165) is 5.56 Å². The van der Waals surface area contributed by atoms with Crippen LogP contribution in [0.15, 0.2) is 36.4 Å². The lowest BCUT2D eigenvalue weighted by atomic mass is 9.91. The van der Waals surface area contributed by atoms with Crippen molar-refractivity contribution in [2.45, 2.75) is 26.4 Å². The normalized spacial score (nSPS) is 12.2. The second kappa shape index (κ2) is 9.70. The van der Waals surface area contributed by atoms with Gasteiger partial charge >= 0.3 is 0 Å². The van der Waals surface area contributed by atoms with Crippen LogP contribution in [0.25, 0.3) is 4.85 Å². The van der Waals surface area contributed by atoms with Gasteiger partial charge in [-0.25, -0.2) is 4.85 Å². The average Bonchev–Trinajstić information content (AvgIpc) is 2.72. The predicted molar refractivity (Wildman–Crippen MR) is 108 cm³/mol. The third kappa shape index (κ3) is 5.32. The number of hydrogen-bond acceptors (Lipinski definition) is 4. The molecule has 0 saturated carbocycles. The van der Waals surface area contributed by atoms with Crippen LogP contribution in [0.1, 0.15) is 34.0 Å². The highest BCUT2D eigenvalue weighted by molar-refractivity contribution is 6.34. The minimum atomic E-state index is -0.986. The van der Waals surface area contributed by atoms with E-state index in [-0.39, 0.29) is 12.0 Å². The Bertz CT molecular complexity index is 1000. The molecular weight excluding hydrogens is 392 g/mol. The summed E-state index contributed by atoms with van der Waals surface area (Å²) in [6.45, 7) is 10.3. The van der Waals surface area contributed by atoms with Gasteiger partial charge in [0.15, 0.2) is 0 Å². The Hall–Kier alpha value is -3.39. The van der Waals surface area contributed by atoms with Crippen molar-refractivity contribution >= 4 is 29.1 Å². The Labute approximate surface area is 173 Å². The van der Waals surface area contributed by atoms with E-state index in [1.807, 2.05) is 6.07 Å². The Morgan fingerprint density at radius 2 is 1.90 bits per heavy atom. The summed E-state index contributed by atoms with van der Waals surface area (Å²) in [7, 11) is 0. The fourth-order valence-corrected chi connectivity index (χ4v) is 2.94. The molecule has 0 bridgehead atoms. The molecule has 2 amide bonds. The monoisotopic (exact) mass is 410 g/mol. The van der Waals surface area contributed by atoms with Crippen LogP contribution in [0.5, 0.6) is 0 Å². The van der Waals surface area contributed by atoms with Gasteiger partial charge < -0.3 is 5.11 Å². The number of aliphatic hydroxyl groups excluding tert-OH is 1. The number of rotatable bonds is 5. The molecule has 0 saturated heterocycles. The van der Waals surface area contributed by atoms with Crippen LogP contribution in [-0.4, -0.2) is 23.0 Å². The molecule has 0 aliphatic heterocycles. The van der Waals surface area contributed by atoms with Gasteiger partial charge in [0.25, 0.3) is 5.91 Å². The quantitative estimate of drug-likeness (QED) is 0.520. The molecule has 0 fully saturated rings. The standard InChI is InChI=1S/C21H19ClN4O3/c1-12-16(8-9-18(24-3)19(12)22)10-17(13(2)27)21(29)26-25-20(28)15-6-4-14(11-23)5-7-15/h4-9,13,17,27H,10H2,1-2H3,(H,25,28)(H,26,29)/t13-,17+/m0/s1. The van der Waals surface area contributed by atoms with E-state index in [4.69, 9.17) is 23.4 Å². The van der Waals surface area contributed by atoms with Crippen molar-refractivity contribution in [1.29, 1.82) is 5.26 Å². The molecule has 0 heterocycles. The maximum absolute atomic E-state index is 12.5. The van der Waals surface area contributed by atoms with Crippen LogP contribution in [0.2, 0.25) is 5.02 Å². The van der Waals surface area contributed by atoms with Crippen molar-refractivity contribution in [3.8, 4) is 6.07 Å². The first-order valence-electron chi connectivity index (χ1n) is 8.72. The summed E-state index contributed by atoms with van der Waals surface area (Å²) >= 11 is 6.18. The lowest BCUT2D eigenvalue weighted by Crippen LogP contribution is -2.47. The van der Waals surface area contributed by atoms with Crippen molar-refractivity contribution in [2.75, 3.05) is 0 Å². The minimum Gasteiger partial charge on any atom is -0.393 e. The highest BCUT2D eigenvalue weighted by Crippen LogP contribution is 2.31. The van der Waals surface area contributed by atoms with E-state index in [1.165, 1.54) is 31.2 Å². The van der Waals surface area contributed by atoms with Gasteiger partial charge in [-0.15, -0.1) is 0 Å². The molecular formula is C21H19ClN4O3. The van der Waals surface area contributed by atoms with Crippen molar-refractivity contribution in [3.63, 3.8) is 0 Å². The summed E-state index contributed by atoms with van der Waals surface area (Å²) in [5, 5.41) is 19.2. The fraction of sp³-hybridized carbons (Fsp3) is 0.238. The van der Waals surface area contributed by atoms with E-state index < -0.39 is 23.8 Å². The second-order valence-electron chi connectivity index (χ2n) is 6.48. The molecule has 8 heteroatoms. The number of hydrazine groups is 1. The Kier molecular flexibility index (Phi) is 7.33. The van der Waals surface area contributed by atoms with Crippen LogP contribution in [0.3, 0.4) is 0 Å². The number of hydrogen-bond donors (Lipinski definition) is 3. The smallest absolute Gasteiger partial charge is 0.269 e. The molecule has 2 aromatic carbocycles. The molecule has 2 rings (SSSR count). The highest BCUT2D eigenvalue weighted by atomic mass is 35.5. The third-order valence-corrected chi connectivity index (χ3v) is 5.01. The topological polar surface area (TPSA) is 107 Å². The summed E-state index contributed by atoms with van der Waals surface area (Å²) in [4.78, 5) is 28.0. The molecule has 2 atom stereocenters. The van der Waals surface area contributed by atoms with Gasteiger partial charge in [0.1, 0.15) is 0 Å². The molecule has 0 unspecified atom stereocenters. The van der Waals surface area contributed by atoms with Gasteiger partial charge in [-0.1, -0.05) is 23.7 Å². The van der Waals surface area contributed by atoms with Gasteiger partial charge in [-0.3, -0.25) is 20.4 Å². The lowest BCUT2D eigenvalue weighted by molar-refractivity contribution is -0.128. The Balaban J connectivity index is 2.08. The maximum atomic E-state index is 12.5. The summed E-state index contributed by atoms with van der Waals surface area (Å²) in [5.41, 5.74) is 7.03. The first-order chi connectivity index (χ1) is 13.8. The number of carbonyl (C=O) groups excluding carboxylic acids is 2.